The molecular formula is C32H68N4. The van der Waals surface area contributed by atoms with Gasteiger partial charge < -0.3 is 19.6 Å². The highest BCUT2D eigenvalue weighted by molar-refractivity contribution is 4.80. The molecule has 4 fully saturated rings. The molecule has 0 N–H and O–H groups in total. The van der Waals surface area contributed by atoms with Crippen molar-refractivity contribution in [2.75, 3.05) is 52.4 Å². The second-order valence-corrected chi connectivity index (χ2v) is 13.3. The van der Waals surface area contributed by atoms with E-state index in [0.717, 1.165) is 41.9 Å². The third-order valence-electron chi connectivity index (χ3n) is 8.97. The molecule has 0 amide bonds. The van der Waals surface area contributed by atoms with Crippen molar-refractivity contribution >= 4 is 0 Å². The van der Waals surface area contributed by atoms with E-state index < -0.39 is 0 Å². The van der Waals surface area contributed by atoms with Crippen LogP contribution in [-0.2, 0) is 0 Å². The summed E-state index contributed by atoms with van der Waals surface area (Å²) in [6.45, 7) is 35.8. The largest absolute Gasteiger partial charge is 0.301 e. The highest BCUT2D eigenvalue weighted by Gasteiger charge is 2.26. The molecule has 0 saturated carbocycles. The van der Waals surface area contributed by atoms with Crippen LogP contribution in [0.15, 0.2) is 0 Å². The third kappa shape index (κ3) is 13.1. The highest BCUT2D eigenvalue weighted by Crippen LogP contribution is 2.21. The van der Waals surface area contributed by atoms with E-state index in [1.165, 1.54) is 90.9 Å². The Morgan fingerprint density at radius 1 is 0.500 bits per heavy atom. The maximum absolute atomic E-state index is 2.58. The van der Waals surface area contributed by atoms with E-state index in [4.69, 9.17) is 0 Å². The first-order chi connectivity index (χ1) is 17.0. The summed E-state index contributed by atoms with van der Waals surface area (Å²) in [7, 11) is 0. The molecule has 4 rings (SSSR count). The minimum atomic E-state index is 0.759. The van der Waals surface area contributed by atoms with Crippen LogP contribution in [-0.4, -0.2) is 96.1 Å². The SMILES string of the molecule is CC(C)N1CCCC1.CC(C)N1CC[C@@H](C)C1.CCC1CN(C(C)C)C1.CC[C@@H]1CCN(C(C)C)C1. The van der Waals surface area contributed by atoms with Gasteiger partial charge >= 0.3 is 0 Å². The van der Waals surface area contributed by atoms with Gasteiger partial charge in [-0.05, 0) is 125 Å². The van der Waals surface area contributed by atoms with Crippen LogP contribution in [0.3, 0.4) is 0 Å². The van der Waals surface area contributed by atoms with Gasteiger partial charge in [0.1, 0.15) is 0 Å². The maximum atomic E-state index is 2.58. The fourth-order valence-corrected chi connectivity index (χ4v) is 5.65. The van der Waals surface area contributed by atoms with E-state index >= 15 is 0 Å². The number of nitrogens with zero attached hydrogens (tertiary/aromatic N) is 4. The lowest BCUT2D eigenvalue weighted by Gasteiger charge is -2.41. The van der Waals surface area contributed by atoms with Crippen molar-refractivity contribution in [1.82, 2.24) is 19.6 Å². The van der Waals surface area contributed by atoms with Crippen LogP contribution < -0.4 is 0 Å². The van der Waals surface area contributed by atoms with Gasteiger partial charge in [0.25, 0.3) is 0 Å². The first kappa shape index (κ1) is 33.9. The summed E-state index contributed by atoms with van der Waals surface area (Å²) in [6, 6.07) is 3.07. The smallest absolute Gasteiger partial charge is 0.00388 e. The van der Waals surface area contributed by atoms with Crippen LogP contribution in [0.5, 0.6) is 0 Å². The van der Waals surface area contributed by atoms with Crippen LogP contribution in [0.4, 0.5) is 0 Å². The zero-order valence-electron chi connectivity index (χ0n) is 26.7. The highest BCUT2D eigenvalue weighted by atomic mass is 15.2. The molecular weight excluding hydrogens is 440 g/mol. The Kier molecular flexibility index (Phi) is 17.1. The molecule has 0 spiro atoms. The molecule has 0 aromatic carbocycles. The van der Waals surface area contributed by atoms with Crippen LogP contribution >= 0.6 is 0 Å². The Hall–Kier alpha value is -0.160. The van der Waals surface area contributed by atoms with Crippen molar-refractivity contribution in [3.63, 3.8) is 0 Å². The summed E-state index contributed by atoms with van der Waals surface area (Å²) in [4.78, 5) is 10.2. The first-order valence-electron chi connectivity index (χ1n) is 15.9. The standard InChI is InChI=1S/C9H19N.2C8H17N.C7H15N/c1-4-9-5-6-10(7-9)8(2)3;1-7(2)9-5-4-8(3)6-9;1-4-8-5-9(6-8)7(2)3;1-7(2)8-5-3-4-6-8/h8-9H,4-7H2,1-3H3;2*7-8H,4-6H2,1-3H3;7H,3-6H2,1-2H3/t9-;8-;;/m11../s1. The van der Waals surface area contributed by atoms with Crippen LogP contribution in [0.25, 0.3) is 0 Å². The Labute approximate surface area is 228 Å². The summed E-state index contributed by atoms with van der Waals surface area (Å²) in [5.74, 6) is 2.93. The van der Waals surface area contributed by atoms with Crippen molar-refractivity contribution in [1.29, 1.82) is 0 Å². The predicted octanol–water partition coefficient (Wildman–Crippen LogP) is 7.09. The Morgan fingerprint density at radius 3 is 1.19 bits per heavy atom. The van der Waals surface area contributed by atoms with E-state index in [2.05, 4.69) is 95.8 Å². The predicted molar refractivity (Wildman–Crippen MR) is 162 cm³/mol. The molecule has 36 heavy (non-hydrogen) atoms. The molecule has 0 aliphatic carbocycles. The van der Waals surface area contributed by atoms with Gasteiger partial charge in [-0.2, -0.15) is 0 Å². The van der Waals surface area contributed by atoms with Crippen LogP contribution in [0, 0.1) is 17.8 Å². The van der Waals surface area contributed by atoms with E-state index in [1.54, 1.807) is 0 Å². The normalized spacial score (nSPS) is 26.1. The number of hydrogen-bond donors (Lipinski definition) is 0. The molecule has 4 aliphatic rings. The zero-order chi connectivity index (χ0) is 27.3. The van der Waals surface area contributed by atoms with Crippen molar-refractivity contribution < 1.29 is 0 Å². The molecule has 0 radical (unpaired) electrons. The van der Waals surface area contributed by atoms with E-state index in [0.29, 0.717) is 0 Å². The fraction of sp³-hybridized carbons (Fsp3) is 1.00. The van der Waals surface area contributed by atoms with Crippen molar-refractivity contribution in [3.05, 3.63) is 0 Å². The molecule has 0 aromatic heterocycles. The quantitative estimate of drug-likeness (QED) is 0.379. The number of hydrogen-bond acceptors (Lipinski definition) is 4. The fourth-order valence-electron chi connectivity index (χ4n) is 5.65. The van der Waals surface area contributed by atoms with E-state index in [1.807, 2.05) is 0 Å². The first-order valence-corrected chi connectivity index (χ1v) is 15.9. The second-order valence-electron chi connectivity index (χ2n) is 13.3. The van der Waals surface area contributed by atoms with Crippen LogP contribution in [0.2, 0.25) is 0 Å². The lowest BCUT2D eigenvalue weighted by Crippen LogP contribution is -2.49. The van der Waals surface area contributed by atoms with Gasteiger partial charge in [0.05, 0.1) is 0 Å². The summed E-state index contributed by atoms with van der Waals surface area (Å²) in [5.41, 5.74) is 0. The average Bonchev–Trinajstić information content (AvgIpc) is 3.55. The van der Waals surface area contributed by atoms with Crippen molar-refractivity contribution in [3.8, 4) is 0 Å². The van der Waals surface area contributed by atoms with Gasteiger partial charge in [0, 0.05) is 50.3 Å². The monoisotopic (exact) mass is 509 g/mol. The van der Waals surface area contributed by atoms with Gasteiger partial charge in [-0.15, -0.1) is 0 Å². The second kappa shape index (κ2) is 18.2. The zero-order valence-corrected chi connectivity index (χ0v) is 26.7. The topological polar surface area (TPSA) is 13.0 Å². The Morgan fingerprint density at radius 2 is 0.917 bits per heavy atom. The van der Waals surface area contributed by atoms with Crippen molar-refractivity contribution in [2.24, 2.45) is 17.8 Å². The van der Waals surface area contributed by atoms with Gasteiger partial charge in [-0.3, -0.25) is 0 Å². The summed E-state index contributed by atoms with van der Waals surface area (Å²) in [6.07, 6.45) is 8.38. The maximum Gasteiger partial charge on any atom is 0.00388 e. The van der Waals surface area contributed by atoms with Gasteiger partial charge in [-0.25, -0.2) is 0 Å². The minimum absolute atomic E-state index is 0.759. The number of likely N-dealkylation sites (tertiary alicyclic amines) is 4. The molecule has 0 bridgehead atoms. The number of rotatable bonds is 6. The lowest BCUT2D eigenvalue weighted by atomic mass is 9.96. The molecule has 4 heteroatoms. The minimum Gasteiger partial charge on any atom is -0.301 e. The molecule has 4 aliphatic heterocycles. The molecule has 4 heterocycles. The third-order valence-corrected chi connectivity index (χ3v) is 8.97. The summed E-state index contributed by atoms with van der Waals surface area (Å²) < 4.78 is 0. The summed E-state index contributed by atoms with van der Waals surface area (Å²) in [5, 5.41) is 0. The average molecular weight is 509 g/mol. The molecule has 2 atom stereocenters. The summed E-state index contributed by atoms with van der Waals surface area (Å²) >= 11 is 0. The Balaban J connectivity index is 0.000000241. The lowest BCUT2D eigenvalue weighted by molar-refractivity contribution is 0.0658. The Bertz CT molecular complexity index is 520. The van der Waals surface area contributed by atoms with Gasteiger partial charge in [-0.1, -0.05) is 33.6 Å². The molecule has 216 valence electrons. The van der Waals surface area contributed by atoms with E-state index in [-0.39, 0.29) is 0 Å². The molecule has 4 nitrogen and oxygen atoms in total. The molecule has 0 unspecified atom stereocenters. The van der Waals surface area contributed by atoms with Crippen LogP contribution in [0.1, 0.15) is 115 Å². The van der Waals surface area contributed by atoms with Gasteiger partial charge in [0.2, 0.25) is 0 Å². The van der Waals surface area contributed by atoms with Gasteiger partial charge in [0.15, 0.2) is 0 Å². The molecule has 4 saturated heterocycles. The molecule has 0 aromatic rings. The van der Waals surface area contributed by atoms with E-state index in [9.17, 15) is 0 Å². The van der Waals surface area contributed by atoms with Crippen molar-refractivity contribution in [2.45, 2.75) is 139 Å².